The number of hydrogen-bond donors (Lipinski definition) is 3. The molecule has 1 aliphatic rings. The fourth-order valence-corrected chi connectivity index (χ4v) is 4.47. The Labute approximate surface area is 155 Å². The second-order valence-corrected chi connectivity index (χ2v) is 7.88. The molecule has 3 N–H and O–H groups in total. The maximum absolute atomic E-state index is 13.0. The summed E-state index contributed by atoms with van der Waals surface area (Å²) in [4.78, 5) is 14.9. The van der Waals surface area contributed by atoms with Gasteiger partial charge in [0.05, 0.1) is 10.7 Å². The smallest absolute Gasteiger partial charge is 0.201 e. The molecule has 1 fully saturated rings. The maximum atomic E-state index is 13.0. The third-order valence-electron chi connectivity index (χ3n) is 3.77. The minimum atomic E-state index is -0.408. The van der Waals surface area contributed by atoms with E-state index in [0.29, 0.717) is 10.6 Å². The van der Waals surface area contributed by atoms with Gasteiger partial charge >= 0.3 is 0 Å². The molecule has 0 unspecified atom stereocenters. The number of allylic oxidation sites excluding steroid dienone is 1. The van der Waals surface area contributed by atoms with E-state index in [0.717, 1.165) is 28.4 Å². The molecule has 1 aromatic carbocycles. The highest BCUT2D eigenvalue weighted by atomic mass is 35.5. The molecule has 0 aliphatic heterocycles. The van der Waals surface area contributed by atoms with Crippen LogP contribution in [0.15, 0.2) is 33.4 Å². The number of aliphatic hydroxyl groups excluding tert-OH is 1. The van der Waals surface area contributed by atoms with Crippen molar-refractivity contribution in [3.8, 4) is 0 Å². The highest BCUT2D eigenvalue weighted by molar-refractivity contribution is 8.02. The minimum absolute atomic E-state index is 0.0197. The van der Waals surface area contributed by atoms with Crippen molar-refractivity contribution in [2.75, 3.05) is 19.1 Å². The van der Waals surface area contributed by atoms with Crippen molar-refractivity contribution in [3.63, 3.8) is 0 Å². The summed E-state index contributed by atoms with van der Waals surface area (Å²) in [5.41, 5.74) is 0.528. The van der Waals surface area contributed by atoms with Gasteiger partial charge in [-0.2, -0.15) is 0 Å². The lowest BCUT2D eigenvalue weighted by Gasteiger charge is -2.15. The standard InChI is InChI=1S/C17H21ClN2O2S2/c1-4-24-16-11(23-3)8-7-10(13(16)18)15(21)12(17(22)20-2)14(19)9-5-6-9/h7-9,19-20,22H,4-6H2,1-3H3/b17-12-,19-14?. The lowest BCUT2D eigenvalue weighted by molar-refractivity contribution is 0.103. The van der Waals surface area contributed by atoms with Gasteiger partial charge in [0.15, 0.2) is 5.88 Å². The van der Waals surface area contributed by atoms with Crippen molar-refractivity contribution in [2.45, 2.75) is 29.6 Å². The first-order chi connectivity index (χ1) is 11.5. The molecule has 0 radical (unpaired) electrons. The van der Waals surface area contributed by atoms with Gasteiger partial charge in [0, 0.05) is 28.3 Å². The number of aliphatic hydroxyl groups is 1. The highest BCUT2D eigenvalue weighted by Crippen LogP contribution is 2.40. The average Bonchev–Trinajstić information content (AvgIpc) is 3.41. The van der Waals surface area contributed by atoms with Gasteiger partial charge in [-0.1, -0.05) is 18.5 Å². The number of nitrogens with one attached hydrogen (secondary N) is 2. The Balaban J connectivity index is 2.50. The summed E-state index contributed by atoms with van der Waals surface area (Å²) < 4.78 is 0. The first-order valence-corrected chi connectivity index (χ1v) is 10.3. The van der Waals surface area contributed by atoms with E-state index >= 15 is 0 Å². The fraction of sp³-hybridized carbons (Fsp3) is 0.412. The van der Waals surface area contributed by atoms with Gasteiger partial charge in [0.1, 0.15) is 5.57 Å². The number of carbonyl (C=O) groups is 1. The Morgan fingerprint density at radius 1 is 1.46 bits per heavy atom. The predicted octanol–water partition coefficient (Wildman–Crippen LogP) is 4.78. The van der Waals surface area contributed by atoms with Crippen molar-refractivity contribution < 1.29 is 9.90 Å². The number of halogens is 1. The van der Waals surface area contributed by atoms with E-state index < -0.39 is 5.78 Å². The molecule has 4 nitrogen and oxygen atoms in total. The molecule has 1 aromatic rings. The molecule has 7 heteroatoms. The highest BCUT2D eigenvalue weighted by Gasteiger charge is 2.34. The molecule has 24 heavy (non-hydrogen) atoms. The summed E-state index contributed by atoms with van der Waals surface area (Å²) in [6, 6.07) is 3.55. The van der Waals surface area contributed by atoms with Gasteiger partial charge in [-0.15, -0.1) is 23.5 Å². The number of benzene rings is 1. The van der Waals surface area contributed by atoms with E-state index in [9.17, 15) is 9.90 Å². The van der Waals surface area contributed by atoms with Crippen LogP contribution in [0.3, 0.4) is 0 Å². The summed E-state index contributed by atoms with van der Waals surface area (Å²) >= 11 is 9.67. The molecule has 0 saturated heterocycles. The van der Waals surface area contributed by atoms with E-state index in [4.69, 9.17) is 17.0 Å². The summed E-state index contributed by atoms with van der Waals surface area (Å²) in [7, 11) is 1.53. The van der Waals surface area contributed by atoms with Gasteiger partial charge in [-0.25, -0.2) is 0 Å². The van der Waals surface area contributed by atoms with Crippen LogP contribution in [-0.4, -0.2) is 35.7 Å². The number of carbonyl (C=O) groups excluding carboxylic acids is 1. The molecule has 0 bridgehead atoms. The molecule has 2 rings (SSSR count). The Bertz CT molecular complexity index is 700. The Kier molecular flexibility index (Phi) is 6.66. The molecule has 1 saturated carbocycles. The van der Waals surface area contributed by atoms with Crippen LogP contribution in [0.5, 0.6) is 0 Å². The second-order valence-electron chi connectivity index (χ2n) is 5.38. The van der Waals surface area contributed by atoms with Crippen LogP contribution in [0, 0.1) is 11.3 Å². The van der Waals surface area contributed by atoms with Crippen LogP contribution < -0.4 is 5.32 Å². The van der Waals surface area contributed by atoms with E-state index in [1.165, 1.54) is 7.05 Å². The fourth-order valence-electron chi connectivity index (χ4n) is 2.35. The van der Waals surface area contributed by atoms with Crippen LogP contribution >= 0.6 is 35.1 Å². The summed E-state index contributed by atoms with van der Waals surface area (Å²) in [6.45, 7) is 2.03. The molecular weight excluding hydrogens is 364 g/mol. The normalized spacial score (nSPS) is 15.0. The van der Waals surface area contributed by atoms with E-state index in [1.807, 2.05) is 19.2 Å². The lowest BCUT2D eigenvalue weighted by atomic mass is 9.97. The average molecular weight is 385 g/mol. The molecule has 1 aliphatic carbocycles. The van der Waals surface area contributed by atoms with E-state index in [1.54, 1.807) is 29.6 Å². The quantitative estimate of drug-likeness (QED) is 0.198. The van der Waals surface area contributed by atoms with Gasteiger partial charge in [-0.3, -0.25) is 4.79 Å². The summed E-state index contributed by atoms with van der Waals surface area (Å²) in [5.74, 6) is 0.210. The van der Waals surface area contributed by atoms with Crippen molar-refractivity contribution >= 4 is 46.6 Å². The number of rotatable bonds is 8. The molecule has 0 atom stereocenters. The second kappa shape index (κ2) is 8.32. The zero-order chi connectivity index (χ0) is 17.9. The minimum Gasteiger partial charge on any atom is -0.494 e. The third-order valence-corrected chi connectivity index (χ3v) is 6.19. The SMILES string of the molecule is CCSc1c(SC)ccc(C(=O)/C(C(=N)C2CC2)=C(\O)NC)c1Cl. The lowest BCUT2D eigenvalue weighted by Crippen LogP contribution is -2.22. The van der Waals surface area contributed by atoms with Crippen molar-refractivity contribution in [3.05, 3.63) is 34.2 Å². The van der Waals surface area contributed by atoms with Crippen LogP contribution in [0.4, 0.5) is 0 Å². The number of thioether (sulfide) groups is 2. The zero-order valence-corrected chi connectivity index (χ0v) is 16.3. The van der Waals surface area contributed by atoms with Crippen molar-refractivity contribution in [2.24, 2.45) is 5.92 Å². The van der Waals surface area contributed by atoms with Crippen LogP contribution in [0.1, 0.15) is 30.1 Å². The Hall–Kier alpha value is -1.11. The maximum Gasteiger partial charge on any atom is 0.201 e. The molecule has 0 aromatic heterocycles. The summed E-state index contributed by atoms with van der Waals surface area (Å²) in [6.07, 6.45) is 3.72. The van der Waals surface area contributed by atoms with Gasteiger partial charge < -0.3 is 15.8 Å². The first kappa shape index (κ1) is 19.2. The molecule has 0 amide bonds. The van der Waals surface area contributed by atoms with Crippen molar-refractivity contribution in [1.29, 1.82) is 5.41 Å². The van der Waals surface area contributed by atoms with E-state index in [2.05, 4.69) is 5.32 Å². The number of Topliss-reactive ketones (excluding diaryl/α,β-unsaturated/α-hetero) is 1. The Morgan fingerprint density at radius 3 is 2.62 bits per heavy atom. The van der Waals surface area contributed by atoms with Crippen LogP contribution in [-0.2, 0) is 0 Å². The number of ketones is 1. The summed E-state index contributed by atoms with van der Waals surface area (Å²) in [5, 5.41) is 21.3. The van der Waals surface area contributed by atoms with Crippen LogP contribution in [0.2, 0.25) is 5.02 Å². The van der Waals surface area contributed by atoms with Gasteiger partial charge in [-0.05, 0) is 37.0 Å². The van der Waals surface area contributed by atoms with Gasteiger partial charge in [0.2, 0.25) is 5.78 Å². The molecule has 130 valence electrons. The van der Waals surface area contributed by atoms with E-state index in [-0.39, 0.29) is 23.1 Å². The monoisotopic (exact) mass is 384 g/mol. The zero-order valence-electron chi connectivity index (χ0n) is 13.9. The van der Waals surface area contributed by atoms with Crippen LogP contribution in [0.25, 0.3) is 0 Å². The van der Waals surface area contributed by atoms with Gasteiger partial charge in [0.25, 0.3) is 0 Å². The molecular formula is C17H21ClN2O2S2. The molecule has 0 spiro atoms. The van der Waals surface area contributed by atoms with Crippen molar-refractivity contribution in [1.82, 2.24) is 5.32 Å². The Morgan fingerprint density at radius 2 is 2.12 bits per heavy atom. The third kappa shape index (κ3) is 3.92. The first-order valence-electron chi connectivity index (χ1n) is 7.69. The predicted molar refractivity (Wildman–Crippen MR) is 103 cm³/mol. The number of hydrogen-bond acceptors (Lipinski definition) is 6. The largest absolute Gasteiger partial charge is 0.494 e. The topological polar surface area (TPSA) is 73.2 Å². The molecule has 0 heterocycles.